The van der Waals surface area contributed by atoms with E-state index in [9.17, 15) is 9.90 Å². The second-order valence-corrected chi connectivity index (χ2v) is 7.81. The molecule has 1 amide bonds. The Balaban J connectivity index is 1.44. The van der Waals surface area contributed by atoms with Crippen molar-refractivity contribution in [2.75, 3.05) is 7.11 Å². The number of H-pyrrole nitrogens is 2. The monoisotopic (exact) mass is 454 g/mol. The molecule has 0 bridgehead atoms. The summed E-state index contributed by atoms with van der Waals surface area (Å²) in [6.45, 7) is 2.21. The number of carbonyl (C=O) groups excluding carboxylic acids is 1. The van der Waals surface area contributed by atoms with E-state index < -0.39 is 0 Å². The van der Waals surface area contributed by atoms with Crippen molar-refractivity contribution in [2.24, 2.45) is 0 Å². The maximum Gasteiger partial charge on any atom is 0.251 e. The molecular weight excluding hydrogens is 432 g/mol. The highest BCUT2D eigenvalue weighted by atomic mass is 16.5. The van der Waals surface area contributed by atoms with Gasteiger partial charge in [-0.3, -0.25) is 4.79 Å². The van der Waals surface area contributed by atoms with Crippen LogP contribution < -0.4 is 10.1 Å². The molecule has 0 aliphatic rings. The molecule has 0 saturated carbocycles. The van der Waals surface area contributed by atoms with Crippen molar-refractivity contribution in [2.45, 2.75) is 13.5 Å². The third-order valence-corrected chi connectivity index (χ3v) is 5.44. The third kappa shape index (κ3) is 4.06. The number of aryl methyl sites for hydroxylation is 1. The van der Waals surface area contributed by atoms with Gasteiger partial charge in [-0.25, -0.2) is 15.0 Å². The second-order valence-electron chi connectivity index (χ2n) is 7.81. The van der Waals surface area contributed by atoms with Crippen LogP contribution in [0.25, 0.3) is 33.5 Å². The van der Waals surface area contributed by atoms with Crippen LogP contribution >= 0.6 is 0 Å². The smallest absolute Gasteiger partial charge is 0.251 e. The SMILES string of the molecule is COc1ncccc1-c1ccc(O)c(-c2nc3ccc(C(=O)NCc4ncc(C)[nH]4)cc3[nH]2)c1. The molecule has 0 spiro atoms. The van der Waals surface area contributed by atoms with Gasteiger partial charge < -0.3 is 25.1 Å². The number of ether oxygens (including phenoxy) is 1. The van der Waals surface area contributed by atoms with Crippen LogP contribution in [0.1, 0.15) is 21.9 Å². The Morgan fingerprint density at radius 2 is 1.97 bits per heavy atom. The van der Waals surface area contributed by atoms with Crippen LogP contribution in [-0.2, 0) is 6.54 Å². The zero-order chi connectivity index (χ0) is 23.7. The number of aromatic amines is 2. The van der Waals surface area contributed by atoms with E-state index in [1.165, 1.54) is 0 Å². The number of nitrogens with one attached hydrogen (secondary N) is 3. The number of phenolic OH excluding ortho intramolecular Hbond substituents is 1. The lowest BCUT2D eigenvalue weighted by molar-refractivity contribution is 0.0950. The molecule has 0 aliphatic carbocycles. The van der Waals surface area contributed by atoms with Gasteiger partial charge in [0.05, 0.1) is 30.3 Å². The Morgan fingerprint density at radius 1 is 1.09 bits per heavy atom. The number of aromatic nitrogens is 5. The first-order valence-corrected chi connectivity index (χ1v) is 10.6. The van der Waals surface area contributed by atoms with Crippen LogP contribution in [0.4, 0.5) is 0 Å². The minimum absolute atomic E-state index is 0.0809. The molecule has 3 aromatic heterocycles. The number of hydrogen-bond acceptors (Lipinski definition) is 6. The molecule has 0 saturated heterocycles. The van der Waals surface area contributed by atoms with Crippen LogP contribution in [0.15, 0.2) is 60.9 Å². The summed E-state index contributed by atoms with van der Waals surface area (Å²) in [5.41, 5.74) is 4.93. The van der Waals surface area contributed by atoms with E-state index in [1.54, 1.807) is 49.8 Å². The highest BCUT2D eigenvalue weighted by molar-refractivity contribution is 5.97. The standard InChI is InChI=1S/C25H22N6O3/c1-14-12-27-22(29-14)13-28-24(33)16-5-7-19-20(11-16)31-23(30-19)18-10-15(6-8-21(18)32)17-4-3-9-26-25(17)34-2/h3-12,32H,13H2,1-2H3,(H,27,29)(H,28,33)(H,30,31). The molecule has 0 aliphatic heterocycles. The van der Waals surface area contributed by atoms with E-state index >= 15 is 0 Å². The van der Waals surface area contributed by atoms with Crippen molar-refractivity contribution >= 4 is 16.9 Å². The molecule has 5 aromatic rings. The van der Waals surface area contributed by atoms with Gasteiger partial charge in [0.2, 0.25) is 5.88 Å². The summed E-state index contributed by atoms with van der Waals surface area (Å²) in [7, 11) is 1.57. The van der Waals surface area contributed by atoms with Gasteiger partial charge in [-0.05, 0) is 55.0 Å². The molecular formula is C25H22N6O3. The number of carbonyl (C=O) groups is 1. The van der Waals surface area contributed by atoms with E-state index in [4.69, 9.17) is 4.74 Å². The van der Waals surface area contributed by atoms with Crippen molar-refractivity contribution in [1.82, 2.24) is 30.2 Å². The maximum atomic E-state index is 12.6. The van der Waals surface area contributed by atoms with Crippen LogP contribution in [0, 0.1) is 6.92 Å². The van der Waals surface area contributed by atoms with E-state index in [2.05, 4.69) is 30.2 Å². The van der Waals surface area contributed by atoms with Crippen LogP contribution in [0.2, 0.25) is 0 Å². The van der Waals surface area contributed by atoms with Crippen molar-refractivity contribution in [3.63, 3.8) is 0 Å². The van der Waals surface area contributed by atoms with Gasteiger partial charge in [0, 0.05) is 29.2 Å². The van der Waals surface area contributed by atoms with Crippen molar-refractivity contribution < 1.29 is 14.6 Å². The van der Waals surface area contributed by atoms with Gasteiger partial charge in [0.25, 0.3) is 5.91 Å². The van der Waals surface area contributed by atoms with Gasteiger partial charge in [0.15, 0.2) is 0 Å². The molecule has 0 atom stereocenters. The average Bonchev–Trinajstić information content (AvgIpc) is 3.48. The fourth-order valence-electron chi connectivity index (χ4n) is 3.77. The average molecular weight is 454 g/mol. The minimum atomic E-state index is -0.222. The second kappa shape index (κ2) is 8.70. The number of aromatic hydroxyl groups is 1. The van der Waals surface area contributed by atoms with Crippen molar-refractivity contribution in [3.8, 4) is 34.1 Å². The van der Waals surface area contributed by atoms with Gasteiger partial charge >= 0.3 is 0 Å². The van der Waals surface area contributed by atoms with E-state index in [0.29, 0.717) is 46.2 Å². The van der Waals surface area contributed by atoms with Gasteiger partial charge in [-0.1, -0.05) is 6.07 Å². The van der Waals surface area contributed by atoms with E-state index in [0.717, 1.165) is 16.8 Å². The third-order valence-electron chi connectivity index (χ3n) is 5.44. The molecule has 170 valence electrons. The number of hydrogen-bond donors (Lipinski definition) is 4. The first-order valence-electron chi connectivity index (χ1n) is 10.6. The fourth-order valence-corrected chi connectivity index (χ4v) is 3.77. The molecule has 3 heterocycles. The number of amides is 1. The van der Waals surface area contributed by atoms with Gasteiger partial charge in [-0.2, -0.15) is 0 Å². The number of benzene rings is 2. The Morgan fingerprint density at radius 3 is 2.76 bits per heavy atom. The Labute approximate surface area is 194 Å². The first kappa shape index (κ1) is 21.2. The van der Waals surface area contributed by atoms with Gasteiger partial charge in [0.1, 0.15) is 17.4 Å². The van der Waals surface area contributed by atoms with E-state index in [1.807, 2.05) is 25.1 Å². The van der Waals surface area contributed by atoms with Gasteiger partial charge in [-0.15, -0.1) is 0 Å². The molecule has 9 heteroatoms. The number of rotatable bonds is 6. The summed E-state index contributed by atoms with van der Waals surface area (Å²) in [5, 5.41) is 13.4. The normalized spacial score (nSPS) is 11.0. The maximum absolute atomic E-state index is 12.6. The van der Waals surface area contributed by atoms with Crippen LogP contribution in [-0.4, -0.2) is 43.0 Å². The Hall–Kier alpha value is -4.66. The number of methoxy groups -OCH3 is 1. The molecule has 4 N–H and O–H groups in total. The lowest BCUT2D eigenvalue weighted by atomic mass is 10.0. The Kier molecular flexibility index (Phi) is 5.43. The topological polar surface area (TPSA) is 129 Å². The lowest BCUT2D eigenvalue weighted by Gasteiger charge is -2.09. The quantitative estimate of drug-likeness (QED) is 0.307. The molecule has 34 heavy (non-hydrogen) atoms. The van der Waals surface area contributed by atoms with Crippen molar-refractivity contribution in [3.05, 3.63) is 78.0 Å². The number of fused-ring (bicyclic) bond motifs is 1. The van der Waals surface area contributed by atoms with Crippen LogP contribution in [0.5, 0.6) is 11.6 Å². The number of nitrogens with zero attached hydrogens (tertiary/aromatic N) is 3. The first-order chi connectivity index (χ1) is 16.5. The number of phenols is 1. The lowest BCUT2D eigenvalue weighted by Crippen LogP contribution is -2.23. The summed E-state index contributed by atoms with van der Waals surface area (Å²) in [5.74, 6) is 1.53. The molecule has 0 fully saturated rings. The highest BCUT2D eigenvalue weighted by Crippen LogP contribution is 2.35. The predicted octanol–water partition coefficient (Wildman–Crippen LogP) is 3.97. The largest absolute Gasteiger partial charge is 0.507 e. The highest BCUT2D eigenvalue weighted by Gasteiger charge is 2.15. The summed E-state index contributed by atoms with van der Waals surface area (Å²) in [4.78, 5) is 32.0. The number of imidazole rings is 2. The van der Waals surface area contributed by atoms with Crippen LogP contribution in [0.3, 0.4) is 0 Å². The van der Waals surface area contributed by atoms with Crippen molar-refractivity contribution in [1.29, 1.82) is 0 Å². The summed E-state index contributed by atoms with van der Waals surface area (Å²) in [6, 6.07) is 14.2. The van der Waals surface area contributed by atoms with E-state index in [-0.39, 0.29) is 11.7 Å². The molecule has 5 rings (SSSR count). The fraction of sp³-hybridized carbons (Fsp3) is 0.120. The Bertz CT molecular complexity index is 1500. The molecule has 0 unspecified atom stereocenters. The molecule has 9 nitrogen and oxygen atoms in total. The molecule has 0 radical (unpaired) electrons. The summed E-state index contributed by atoms with van der Waals surface area (Å²) >= 11 is 0. The minimum Gasteiger partial charge on any atom is -0.507 e. The zero-order valence-corrected chi connectivity index (χ0v) is 18.6. The summed E-state index contributed by atoms with van der Waals surface area (Å²) in [6.07, 6.45) is 3.38. The summed E-state index contributed by atoms with van der Waals surface area (Å²) < 4.78 is 5.37. The molecule has 2 aromatic carbocycles. The zero-order valence-electron chi connectivity index (χ0n) is 18.6. The number of pyridine rings is 1. The predicted molar refractivity (Wildman–Crippen MR) is 127 cm³/mol.